The van der Waals surface area contributed by atoms with E-state index in [1.165, 1.54) is 11.8 Å². The Labute approximate surface area is 84.8 Å². The maximum Gasteiger partial charge on any atom is 0.240 e. The fraction of sp³-hybridized carbons (Fsp3) is 0.125. The van der Waals surface area contributed by atoms with Crippen LogP contribution in [-0.2, 0) is 0 Å². The molecule has 1 heterocycles. The summed E-state index contributed by atoms with van der Waals surface area (Å²) in [6.07, 6.45) is 0. The number of allylic oxidation sites excluding steroid dienone is 2. The maximum absolute atomic E-state index is 8.69. The summed E-state index contributed by atoms with van der Waals surface area (Å²) in [5.41, 5.74) is 0. The summed E-state index contributed by atoms with van der Waals surface area (Å²) in [7, 11) is 0. The lowest BCUT2D eigenvalue weighted by atomic mass is 10.5. The molecule has 0 aromatic carbocycles. The summed E-state index contributed by atoms with van der Waals surface area (Å²) in [5, 5.41) is 9.37. The normalized spacial score (nSPS) is 16.2. The van der Waals surface area contributed by atoms with Crippen LogP contribution in [0.15, 0.2) is 19.9 Å². The molecule has 0 aliphatic carbocycles. The highest BCUT2D eigenvalue weighted by atomic mass is 32.2. The first kappa shape index (κ1) is 9.74. The highest BCUT2D eigenvalue weighted by Gasteiger charge is 2.19. The standard InChI is InChI=1S/C8H3N3S2/c1-5-6(4-9)13-8(11-3)7(10-2)12-5/h1H3. The molecule has 0 spiro atoms. The lowest BCUT2D eigenvalue weighted by Gasteiger charge is -2.11. The van der Waals surface area contributed by atoms with Gasteiger partial charge in [0.15, 0.2) is 0 Å². The van der Waals surface area contributed by atoms with Crippen LogP contribution >= 0.6 is 23.5 Å². The maximum atomic E-state index is 8.69. The molecule has 0 bridgehead atoms. The first-order chi connectivity index (χ1) is 6.22. The molecule has 5 heteroatoms. The second-order valence-corrected chi connectivity index (χ2v) is 4.24. The SMILES string of the molecule is [C-]#[N+]C1=C([N+]#[C-])SC(C#N)=C(C)S1. The van der Waals surface area contributed by atoms with Gasteiger partial charge in [0.25, 0.3) is 0 Å². The van der Waals surface area contributed by atoms with Crippen LogP contribution in [0.1, 0.15) is 6.92 Å². The first-order valence-corrected chi connectivity index (χ1v) is 4.82. The van der Waals surface area contributed by atoms with Gasteiger partial charge in [-0.15, -0.1) is 23.5 Å². The number of nitriles is 1. The molecule has 0 aromatic heterocycles. The van der Waals surface area contributed by atoms with Crippen molar-refractivity contribution in [3.63, 3.8) is 0 Å². The van der Waals surface area contributed by atoms with Crippen molar-refractivity contribution < 1.29 is 0 Å². The molecule has 0 N–H and O–H groups in total. The molecular weight excluding hydrogens is 202 g/mol. The molecule has 0 radical (unpaired) electrons. The third-order valence-electron chi connectivity index (χ3n) is 1.26. The predicted octanol–water partition coefficient (Wildman–Crippen LogP) is 3.19. The van der Waals surface area contributed by atoms with E-state index < -0.39 is 0 Å². The smallest absolute Gasteiger partial charge is 0.240 e. The molecule has 0 fully saturated rings. The Bertz CT molecular complexity index is 426. The Hall–Kier alpha value is -1.35. The fourth-order valence-electron chi connectivity index (χ4n) is 0.690. The van der Waals surface area contributed by atoms with Crippen LogP contribution in [0.4, 0.5) is 0 Å². The highest BCUT2D eigenvalue weighted by molar-refractivity contribution is 8.13. The van der Waals surface area contributed by atoms with E-state index in [1.807, 2.05) is 6.07 Å². The molecule has 0 amide bonds. The van der Waals surface area contributed by atoms with Crippen molar-refractivity contribution in [3.05, 3.63) is 42.7 Å². The highest BCUT2D eigenvalue weighted by Crippen LogP contribution is 2.45. The van der Waals surface area contributed by atoms with E-state index in [-0.39, 0.29) is 0 Å². The lowest BCUT2D eigenvalue weighted by molar-refractivity contribution is 1.51. The number of hydrogen-bond donors (Lipinski definition) is 0. The second kappa shape index (κ2) is 4.05. The number of hydrogen-bond acceptors (Lipinski definition) is 3. The predicted molar refractivity (Wildman–Crippen MR) is 53.7 cm³/mol. The molecule has 13 heavy (non-hydrogen) atoms. The monoisotopic (exact) mass is 205 g/mol. The molecular formula is C8H3N3S2. The van der Waals surface area contributed by atoms with Gasteiger partial charge in [-0.05, 0) is 11.8 Å². The van der Waals surface area contributed by atoms with E-state index in [4.69, 9.17) is 18.4 Å². The van der Waals surface area contributed by atoms with Gasteiger partial charge >= 0.3 is 0 Å². The van der Waals surface area contributed by atoms with Crippen LogP contribution < -0.4 is 0 Å². The number of thioether (sulfide) groups is 2. The van der Waals surface area contributed by atoms with Crippen LogP contribution in [0.3, 0.4) is 0 Å². The summed E-state index contributed by atoms with van der Waals surface area (Å²) in [6.45, 7) is 15.4. The van der Waals surface area contributed by atoms with Gasteiger partial charge in [-0.3, -0.25) is 0 Å². The van der Waals surface area contributed by atoms with Crippen molar-refractivity contribution in [1.29, 1.82) is 5.26 Å². The molecule has 3 nitrogen and oxygen atoms in total. The van der Waals surface area contributed by atoms with Crippen LogP contribution in [0.25, 0.3) is 9.69 Å². The Morgan fingerprint density at radius 2 is 1.77 bits per heavy atom. The Morgan fingerprint density at radius 3 is 2.23 bits per heavy atom. The quantitative estimate of drug-likeness (QED) is 0.569. The molecule has 0 saturated carbocycles. The Kier molecular flexibility index (Phi) is 3.03. The van der Waals surface area contributed by atoms with Crippen LogP contribution in [-0.4, -0.2) is 0 Å². The summed E-state index contributed by atoms with van der Waals surface area (Å²) < 4.78 is 0. The summed E-state index contributed by atoms with van der Waals surface area (Å²) >= 11 is 2.28. The molecule has 1 rings (SSSR count). The fourth-order valence-corrected chi connectivity index (χ4v) is 2.36. The average Bonchev–Trinajstić information content (AvgIpc) is 2.17. The lowest BCUT2D eigenvalue weighted by Crippen LogP contribution is -1.87. The Balaban J connectivity index is 3.08. The van der Waals surface area contributed by atoms with E-state index in [2.05, 4.69) is 9.69 Å². The summed E-state index contributed by atoms with van der Waals surface area (Å²) in [5.74, 6) is 0. The third-order valence-corrected chi connectivity index (χ3v) is 3.58. The summed E-state index contributed by atoms with van der Waals surface area (Å²) in [6, 6.07) is 2.00. The van der Waals surface area contributed by atoms with Gasteiger partial charge < -0.3 is 0 Å². The van der Waals surface area contributed by atoms with Crippen molar-refractivity contribution in [1.82, 2.24) is 0 Å². The van der Waals surface area contributed by atoms with Gasteiger partial charge in [0, 0.05) is 0 Å². The topological polar surface area (TPSA) is 32.5 Å². The molecule has 1 aliphatic rings. The van der Waals surface area contributed by atoms with Crippen molar-refractivity contribution in [2.45, 2.75) is 6.92 Å². The minimum atomic E-state index is 0.308. The molecule has 0 aromatic rings. The van der Waals surface area contributed by atoms with Crippen LogP contribution in [0.2, 0.25) is 0 Å². The van der Waals surface area contributed by atoms with Gasteiger partial charge in [-0.1, -0.05) is 0 Å². The van der Waals surface area contributed by atoms with Gasteiger partial charge in [0.05, 0.1) is 18.0 Å². The minimum Gasteiger partial charge on any atom is -0.242 e. The largest absolute Gasteiger partial charge is 0.242 e. The van der Waals surface area contributed by atoms with Crippen molar-refractivity contribution >= 4 is 23.5 Å². The van der Waals surface area contributed by atoms with Crippen LogP contribution in [0, 0.1) is 24.5 Å². The van der Waals surface area contributed by atoms with E-state index in [9.17, 15) is 0 Å². The summed E-state index contributed by atoms with van der Waals surface area (Å²) in [4.78, 5) is 7.75. The van der Waals surface area contributed by atoms with Crippen molar-refractivity contribution in [2.24, 2.45) is 0 Å². The molecule has 62 valence electrons. The average molecular weight is 205 g/mol. The van der Waals surface area contributed by atoms with E-state index >= 15 is 0 Å². The van der Waals surface area contributed by atoms with E-state index in [0.29, 0.717) is 15.0 Å². The zero-order valence-electron chi connectivity index (χ0n) is 6.66. The van der Waals surface area contributed by atoms with Crippen LogP contribution in [0.5, 0.6) is 0 Å². The van der Waals surface area contributed by atoms with Gasteiger partial charge in [-0.2, -0.15) is 5.26 Å². The first-order valence-electron chi connectivity index (χ1n) is 3.18. The van der Waals surface area contributed by atoms with Crippen molar-refractivity contribution in [2.75, 3.05) is 0 Å². The molecule has 0 saturated heterocycles. The van der Waals surface area contributed by atoms with Gasteiger partial charge in [0.1, 0.15) is 6.07 Å². The molecule has 1 aliphatic heterocycles. The van der Waals surface area contributed by atoms with E-state index in [1.54, 1.807) is 6.92 Å². The zero-order chi connectivity index (χ0) is 9.84. The molecule has 0 atom stereocenters. The molecule has 0 unspecified atom stereocenters. The van der Waals surface area contributed by atoms with E-state index in [0.717, 1.165) is 16.7 Å². The number of nitrogens with zero attached hydrogens (tertiary/aromatic N) is 3. The second-order valence-electron chi connectivity index (χ2n) is 2.04. The van der Waals surface area contributed by atoms with Gasteiger partial charge in [0.2, 0.25) is 10.1 Å². The minimum absolute atomic E-state index is 0.308. The Morgan fingerprint density at radius 1 is 1.23 bits per heavy atom. The van der Waals surface area contributed by atoms with Crippen molar-refractivity contribution in [3.8, 4) is 6.07 Å². The van der Waals surface area contributed by atoms with Gasteiger partial charge in [-0.25, -0.2) is 9.69 Å². The number of rotatable bonds is 0. The zero-order valence-corrected chi connectivity index (χ0v) is 8.29. The third kappa shape index (κ3) is 1.87.